The fraction of sp³-hybridized carbons (Fsp3) is 0.483. The second-order valence-corrected chi connectivity index (χ2v) is 14.3. The molecule has 0 spiro atoms. The molecular formula is C29H31N5O3S2. The molecule has 3 aliphatic rings. The Kier molecular flexibility index (Phi) is 6.98. The van der Waals surface area contributed by atoms with Gasteiger partial charge in [-0.05, 0) is 49.4 Å². The maximum Gasteiger partial charge on any atom is 0.188 e. The number of anilines is 1. The summed E-state index contributed by atoms with van der Waals surface area (Å²) in [6, 6.07) is 12.4. The summed E-state index contributed by atoms with van der Waals surface area (Å²) in [6.45, 7) is 0.998. The lowest BCUT2D eigenvalue weighted by Gasteiger charge is -2.31. The van der Waals surface area contributed by atoms with Crippen molar-refractivity contribution < 1.29 is 13.2 Å². The average Bonchev–Trinajstić information content (AvgIpc) is 3.60. The number of nitriles is 1. The third-order valence-electron chi connectivity index (χ3n) is 8.38. The summed E-state index contributed by atoms with van der Waals surface area (Å²) >= 11 is 1.55. The first-order valence-corrected chi connectivity index (χ1v) is 16.3. The number of Topliss-reactive ketones (excluding diaryl/α,β-unsaturated/α-hetero) is 1. The predicted octanol–water partition coefficient (Wildman–Crippen LogP) is 5.04. The van der Waals surface area contributed by atoms with Gasteiger partial charge in [-0.2, -0.15) is 5.26 Å². The molecule has 1 saturated heterocycles. The molecule has 1 aliphatic heterocycles. The number of hydrogen-bond donors (Lipinski definition) is 0. The summed E-state index contributed by atoms with van der Waals surface area (Å²) in [7, 11) is -2.94. The van der Waals surface area contributed by atoms with E-state index in [9.17, 15) is 18.5 Å². The van der Waals surface area contributed by atoms with E-state index in [0.29, 0.717) is 25.3 Å². The summed E-state index contributed by atoms with van der Waals surface area (Å²) in [5.74, 6) is 0.990. The average molecular weight is 562 g/mol. The van der Waals surface area contributed by atoms with Crippen LogP contribution in [0.3, 0.4) is 0 Å². The number of benzene rings is 1. The Hall–Kier alpha value is -3.16. The SMILES string of the molecule is N#CC1(CC(=O)[C@@H]2CCCC[C@H]2c2nc(-c3ncccn3)sc2-c2ccc(N3CCS(=O)(=O)CC3)cc2)CC1. The second-order valence-electron chi connectivity index (χ2n) is 11.0. The van der Waals surface area contributed by atoms with E-state index in [0.717, 1.165) is 65.4 Å². The molecule has 10 heteroatoms. The molecule has 202 valence electrons. The number of carbonyl (C=O) groups is 1. The zero-order valence-corrected chi connectivity index (χ0v) is 23.4. The van der Waals surface area contributed by atoms with Gasteiger partial charge in [-0.25, -0.2) is 23.4 Å². The third kappa shape index (κ3) is 5.48. The smallest absolute Gasteiger partial charge is 0.188 e. The molecule has 6 rings (SSSR count). The molecule has 0 N–H and O–H groups in total. The lowest BCUT2D eigenvalue weighted by atomic mass is 9.73. The topological polar surface area (TPSA) is 117 Å². The van der Waals surface area contributed by atoms with Crippen LogP contribution < -0.4 is 4.90 Å². The summed E-state index contributed by atoms with van der Waals surface area (Å²) in [5.41, 5.74) is 2.50. The zero-order chi connectivity index (χ0) is 27.0. The van der Waals surface area contributed by atoms with Crippen LogP contribution >= 0.6 is 11.3 Å². The van der Waals surface area contributed by atoms with Crippen molar-refractivity contribution in [2.45, 2.75) is 50.9 Å². The monoisotopic (exact) mass is 561 g/mol. The Bertz CT molecular complexity index is 1490. The van der Waals surface area contributed by atoms with Gasteiger partial charge in [0.1, 0.15) is 5.78 Å². The van der Waals surface area contributed by atoms with Crippen LogP contribution in [-0.2, 0) is 14.6 Å². The Morgan fingerprint density at radius 2 is 1.77 bits per heavy atom. The lowest BCUT2D eigenvalue weighted by Crippen LogP contribution is -2.40. The lowest BCUT2D eigenvalue weighted by molar-refractivity contribution is -0.125. The van der Waals surface area contributed by atoms with Crippen molar-refractivity contribution in [2.75, 3.05) is 29.5 Å². The van der Waals surface area contributed by atoms with Crippen LogP contribution in [0.4, 0.5) is 5.69 Å². The molecule has 39 heavy (non-hydrogen) atoms. The number of nitrogens with zero attached hydrogens (tertiary/aromatic N) is 5. The normalized spacial score (nSPS) is 23.6. The second kappa shape index (κ2) is 10.4. The van der Waals surface area contributed by atoms with E-state index in [1.54, 1.807) is 29.8 Å². The van der Waals surface area contributed by atoms with Crippen molar-refractivity contribution >= 4 is 32.6 Å². The molecule has 2 atom stereocenters. The molecule has 0 amide bonds. The molecular weight excluding hydrogens is 530 g/mol. The Morgan fingerprint density at radius 3 is 2.44 bits per heavy atom. The van der Waals surface area contributed by atoms with Crippen molar-refractivity contribution in [3.8, 4) is 27.3 Å². The van der Waals surface area contributed by atoms with E-state index >= 15 is 0 Å². The molecule has 2 aromatic heterocycles. The van der Waals surface area contributed by atoms with Crippen LogP contribution in [0.15, 0.2) is 42.7 Å². The first kappa shape index (κ1) is 26.1. The van der Waals surface area contributed by atoms with E-state index in [2.05, 4.69) is 33.1 Å². The number of ketones is 1. The highest BCUT2D eigenvalue weighted by atomic mass is 32.2. The van der Waals surface area contributed by atoms with E-state index in [1.807, 2.05) is 12.1 Å². The van der Waals surface area contributed by atoms with E-state index in [4.69, 9.17) is 4.98 Å². The summed E-state index contributed by atoms with van der Waals surface area (Å²) in [4.78, 5) is 30.6. The highest BCUT2D eigenvalue weighted by Crippen LogP contribution is 2.51. The number of hydrogen-bond acceptors (Lipinski definition) is 9. The molecule has 2 aliphatic carbocycles. The van der Waals surface area contributed by atoms with Gasteiger partial charge in [-0.1, -0.05) is 25.0 Å². The van der Waals surface area contributed by atoms with Gasteiger partial charge in [0.2, 0.25) is 0 Å². The number of sulfone groups is 1. The Balaban J connectivity index is 1.34. The van der Waals surface area contributed by atoms with Crippen LogP contribution in [0, 0.1) is 22.7 Å². The minimum atomic E-state index is -2.94. The van der Waals surface area contributed by atoms with E-state index < -0.39 is 15.3 Å². The van der Waals surface area contributed by atoms with Crippen molar-refractivity contribution in [1.29, 1.82) is 5.26 Å². The molecule has 8 nitrogen and oxygen atoms in total. The van der Waals surface area contributed by atoms with Crippen molar-refractivity contribution in [2.24, 2.45) is 11.3 Å². The van der Waals surface area contributed by atoms with Crippen LogP contribution in [0.5, 0.6) is 0 Å². The maximum absolute atomic E-state index is 13.5. The van der Waals surface area contributed by atoms with Gasteiger partial charge >= 0.3 is 0 Å². The Labute approximate surface area is 233 Å². The largest absolute Gasteiger partial charge is 0.369 e. The van der Waals surface area contributed by atoms with Crippen molar-refractivity contribution in [3.63, 3.8) is 0 Å². The summed E-state index contributed by atoms with van der Waals surface area (Å²) in [6.07, 6.45) is 9.18. The molecule has 1 aromatic carbocycles. The summed E-state index contributed by atoms with van der Waals surface area (Å²) < 4.78 is 23.7. The first-order valence-electron chi connectivity index (χ1n) is 13.6. The van der Waals surface area contributed by atoms with Gasteiger partial charge in [-0.15, -0.1) is 11.3 Å². The number of aromatic nitrogens is 3. The van der Waals surface area contributed by atoms with Crippen LogP contribution in [0.1, 0.15) is 56.6 Å². The van der Waals surface area contributed by atoms with E-state index in [-0.39, 0.29) is 29.1 Å². The fourth-order valence-electron chi connectivity index (χ4n) is 5.88. The van der Waals surface area contributed by atoms with Gasteiger partial charge in [-0.3, -0.25) is 4.79 Å². The number of rotatable bonds is 7. The number of carbonyl (C=O) groups excluding carboxylic acids is 1. The van der Waals surface area contributed by atoms with Gasteiger partial charge in [0.15, 0.2) is 20.7 Å². The molecule has 2 saturated carbocycles. The van der Waals surface area contributed by atoms with Crippen LogP contribution in [0.2, 0.25) is 0 Å². The molecule has 3 heterocycles. The Morgan fingerprint density at radius 1 is 1.08 bits per heavy atom. The van der Waals surface area contributed by atoms with Gasteiger partial charge < -0.3 is 4.90 Å². The minimum absolute atomic E-state index is 0.00330. The van der Waals surface area contributed by atoms with Crippen LogP contribution in [-0.4, -0.2) is 53.7 Å². The molecule has 0 bridgehead atoms. The van der Waals surface area contributed by atoms with Crippen molar-refractivity contribution in [3.05, 3.63) is 48.4 Å². The van der Waals surface area contributed by atoms with Crippen molar-refractivity contribution in [1.82, 2.24) is 15.0 Å². The quantitative estimate of drug-likeness (QED) is 0.394. The summed E-state index contributed by atoms with van der Waals surface area (Å²) in [5, 5.41) is 10.3. The molecule has 3 fully saturated rings. The number of thiazole rings is 1. The third-order valence-corrected chi connectivity index (χ3v) is 11.1. The molecule has 0 radical (unpaired) electrons. The maximum atomic E-state index is 13.5. The highest BCUT2D eigenvalue weighted by Gasteiger charge is 2.47. The van der Waals surface area contributed by atoms with E-state index in [1.165, 1.54) is 0 Å². The van der Waals surface area contributed by atoms with Crippen LogP contribution in [0.25, 0.3) is 21.3 Å². The molecule has 3 aromatic rings. The fourth-order valence-corrected chi connectivity index (χ4v) is 8.17. The zero-order valence-electron chi connectivity index (χ0n) is 21.8. The standard InChI is InChI=1S/C29H31N5O3S2/c30-19-29(10-11-29)18-24(35)22-4-1-2-5-23(22)25-26(38-28(33-25)27-31-12-3-13-32-27)20-6-8-21(9-7-20)34-14-16-39(36,37)17-15-34/h3,6-9,12-13,22-23H,1-2,4-5,10-11,14-18H2/t22-,23-/m1/s1. The minimum Gasteiger partial charge on any atom is -0.369 e. The van der Waals surface area contributed by atoms with Gasteiger partial charge in [0.05, 0.1) is 33.6 Å². The first-order chi connectivity index (χ1) is 18.9. The van der Waals surface area contributed by atoms with Gasteiger partial charge in [0.25, 0.3) is 0 Å². The predicted molar refractivity (Wildman–Crippen MR) is 151 cm³/mol. The van der Waals surface area contributed by atoms with Gasteiger partial charge in [0, 0.05) is 49.4 Å². The molecule has 0 unspecified atom stereocenters. The highest BCUT2D eigenvalue weighted by molar-refractivity contribution is 7.91.